The standard InChI is InChI=1S/C15H18ClN3O/c1-3-19-15(11(16)9-18-19)14(17-2)13-8-10-6-4-5-7-12(10)20-13/h4-7,9,13-14,17H,3,8H2,1-2H3. The van der Waals surface area contributed by atoms with E-state index < -0.39 is 0 Å². The molecule has 0 saturated heterocycles. The number of halogens is 1. The number of rotatable bonds is 4. The highest BCUT2D eigenvalue weighted by Gasteiger charge is 2.33. The summed E-state index contributed by atoms with van der Waals surface area (Å²) in [5, 5.41) is 8.33. The molecule has 0 bridgehead atoms. The molecule has 1 N–H and O–H groups in total. The molecule has 20 heavy (non-hydrogen) atoms. The lowest BCUT2D eigenvalue weighted by Gasteiger charge is -2.24. The van der Waals surface area contributed by atoms with Gasteiger partial charge in [-0.05, 0) is 25.6 Å². The molecule has 0 spiro atoms. The summed E-state index contributed by atoms with van der Waals surface area (Å²) in [5.74, 6) is 0.969. The van der Waals surface area contributed by atoms with Crippen LogP contribution < -0.4 is 10.1 Å². The van der Waals surface area contributed by atoms with Gasteiger partial charge in [0.25, 0.3) is 0 Å². The van der Waals surface area contributed by atoms with E-state index in [1.54, 1.807) is 6.20 Å². The largest absolute Gasteiger partial charge is 0.488 e. The number of hydrogen-bond donors (Lipinski definition) is 1. The molecule has 1 aromatic heterocycles. The van der Waals surface area contributed by atoms with Crippen molar-refractivity contribution in [3.63, 3.8) is 0 Å². The monoisotopic (exact) mass is 291 g/mol. The van der Waals surface area contributed by atoms with Crippen molar-refractivity contribution in [3.8, 4) is 5.75 Å². The molecular formula is C15H18ClN3O. The number of benzene rings is 1. The Morgan fingerprint density at radius 2 is 2.30 bits per heavy atom. The van der Waals surface area contributed by atoms with Crippen LogP contribution in [-0.4, -0.2) is 22.9 Å². The summed E-state index contributed by atoms with van der Waals surface area (Å²) in [6.45, 7) is 2.85. The number of likely N-dealkylation sites (N-methyl/N-ethyl adjacent to an activating group) is 1. The van der Waals surface area contributed by atoms with Crippen molar-refractivity contribution in [3.05, 3.63) is 46.7 Å². The Balaban J connectivity index is 1.91. The van der Waals surface area contributed by atoms with Gasteiger partial charge in [0.15, 0.2) is 0 Å². The van der Waals surface area contributed by atoms with Crippen LogP contribution in [-0.2, 0) is 13.0 Å². The van der Waals surface area contributed by atoms with Crippen LogP contribution in [0.2, 0.25) is 5.02 Å². The van der Waals surface area contributed by atoms with Gasteiger partial charge in [-0.2, -0.15) is 5.10 Å². The second-order valence-electron chi connectivity index (χ2n) is 4.93. The van der Waals surface area contributed by atoms with Gasteiger partial charge in [-0.25, -0.2) is 0 Å². The Bertz CT molecular complexity index is 586. The normalized spacial score (nSPS) is 18.6. The van der Waals surface area contributed by atoms with Crippen molar-refractivity contribution in [1.29, 1.82) is 0 Å². The van der Waals surface area contributed by atoms with Crippen LogP contribution in [0.25, 0.3) is 0 Å². The van der Waals surface area contributed by atoms with E-state index in [4.69, 9.17) is 16.3 Å². The molecule has 106 valence electrons. The zero-order chi connectivity index (χ0) is 14.1. The van der Waals surface area contributed by atoms with E-state index in [9.17, 15) is 0 Å². The van der Waals surface area contributed by atoms with Crippen molar-refractivity contribution in [2.75, 3.05) is 7.05 Å². The van der Waals surface area contributed by atoms with Gasteiger partial charge in [0.05, 0.1) is 23.0 Å². The second kappa shape index (κ2) is 5.46. The Hall–Kier alpha value is -1.52. The summed E-state index contributed by atoms with van der Waals surface area (Å²) in [7, 11) is 1.93. The first-order chi connectivity index (χ1) is 9.74. The average Bonchev–Trinajstić information content (AvgIpc) is 3.04. The van der Waals surface area contributed by atoms with E-state index in [0.717, 1.165) is 24.4 Å². The number of aromatic nitrogens is 2. The van der Waals surface area contributed by atoms with Crippen LogP contribution in [0.15, 0.2) is 30.5 Å². The number of nitrogens with zero attached hydrogens (tertiary/aromatic N) is 2. The Labute approximate surface area is 123 Å². The van der Waals surface area contributed by atoms with E-state index in [0.29, 0.717) is 5.02 Å². The summed E-state index contributed by atoms with van der Waals surface area (Å²) in [4.78, 5) is 0. The molecule has 1 aliphatic heterocycles. The maximum atomic E-state index is 6.31. The lowest BCUT2D eigenvalue weighted by molar-refractivity contribution is 0.178. The van der Waals surface area contributed by atoms with Crippen molar-refractivity contribution in [1.82, 2.24) is 15.1 Å². The third-order valence-electron chi connectivity index (χ3n) is 3.78. The molecular weight excluding hydrogens is 274 g/mol. The third-order valence-corrected chi connectivity index (χ3v) is 4.07. The molecule has 0 fully saturated rings. The molecule has 2 aromatic rings. The van der Waals surface area contributed by atoms with E-state index in [1.807, 2.05) is 29.9 Å². The number of nitrogens with one attached hydrogen (secondary N) is 1. The van der Waals surface area contributed by atoms with Crippen LogP contribution in [0.3, 0.4) is 0 Å². The lowest BCUT2D eigenvalue weighted by atomic mass is 10.0. The van der Waals surface area contributed by atoms with Crippen LogP contribution in [0.1, 0.15) is 24.2 Å². The van der Waals surface area contributed by atoms with Crippen molar-refractivity contribution < 1.29 is 4.74 Å². The van der Waals surface area contributed by atoms with Crippen molar-refractivity contribution in [2.24, 2.45) is 0 Å². The van der Waals surface area contributed by atoms with Gasteiger partial charge in [-0.15, -0.1) is 0 Å². The van der Waals surface area contributed by atoms with Crippen LogP contribution in [0, 0.1) is 0 Å². The average molecular weight is 292 g/mol. The lowest BCUT2D eigenvalue weighted by Crippen LogP contribution is -2.34. The van der Waals surface area contributed by atoms with E-state index in [1.165, 1.54) is 5.56 Å². The smallest absolute Gasteiger partial charge is 0.124 e. The predicted molar refractivity (Wildman–Crippen MR) is 79.3 cm³/mol. The van der Waals surface area contributed by atoms with E-state index in [-0.39, 0.29) is 12.1 Å². The first-order valence-electron chi connectivity index (χ1n) is 6.87. The zero-order valence-electron chi connectivity index (χ0n) is 11.6. The van der Waals surface area contributed by atoms with Gasteiger partial charge in [0.1, 0.15) is 11.9 Å². The molecule has 0 radical (unpaired) electrons. The summed E-state index contributed by atoms with van der Waals surface area (Å²) in [5.41, 5.74) is 2.24. The minimum Gasteiger partial charge on any atom is -0.488 e. The molecule has 0 amide bonds. The molecule has 4 nitrogen and oxygen atoms in total. The molecule has 1 aromatic carbocycles. The topological polar surface area (TPSA) is 39.1 Å². The fourth-order valence-electron chi connectivity index (χ4n) is 2.83. The van der Waals surface area contributed by atoms with Gasteiger partial charge in [0.2, 0.25) is 0 Å². The van der Waals surface area contributed by atoms with Crippen molar-refractivity contribution in [2.45, 2.75) is 32.0 Å². The molecule has 2 heterocycles. The minimum absolute atomic E-state index is 0.0253. The van der Waals surface area contributed by atoms with Crippen LogP contribution >= 0.6 is 11.6 Å². The first kappa shape index (κ1) is 13.5. The Morgan fingerprint density at radius 3 is 3.00 bits per heavy atom. The van der Waals surface area contributed by atoms with E-state index in [2.05, 4.69) is 23.4 Å². The Morgan fingerprint density at radius 1 is 1.50 bits per heavy atom. The second-order valence-corrected chi connectivity index (χ2v) is 5.34. The fourth-order valence-corrected chi connectivity index (χ4v) is 3.09. The number of hydrogen-bond acceptors (Lipinski definition) is 3. The molecule has 2 atom stereocenters. The van der Waals surface area contributed by atoms with Crippen LogP contribution in [0.5, 0.6) is 5.75 Å². The summed E-state index contributed by atoms with van der Waals surface area (Å²) >= 11 is 6.31. The summed E-state index contributed by atoms with van der Waals surface area (Å²) in [6, 6.07) is 8.19. The van der Waals surface area contributed by atoms with Gasteiger partial charge in [0, 0.05) is 13.0 Å². The summed E-state index contributed by atoms with van der Waals surface area (Å²) < 4.78 is 8.00. The Kier molecular flexibility index (Phi) is 3.68. The van der Waals surface area contributed by atoms with Gasteiger partial charge in [-0.1, -0.05) is 29.8 Å². The van der Waals surface area contributed by atoms with Gasteiger partial charge < -0.3 is 10.1 Å². The number of ether oxygens (including phenoxy) is 1. The number of aryl methyl sites for hydroxylation is 1. The van der Waals surface area contributed by atoms with Gasteiger partial charge >= 0.3 is 0 Å². The van der Waals surface area contributed by atoms with Crippen LogP contribution in [0.4, 0.5) is 0 Å². The zero-order valence-corrected chi connectivity index (χ0v) is 12.4. The molecule has 0 aliphatic carbocycles. The number of para-hydroxylation sites is 1. The molecule has 5 heteroatoms. The van der Waals surface area contributed by atoms with Crippen molar-refractivity contribution >= 4 is 11.6 Å². The van der Waals surface area contributed by atoms with E-state index >= 15 is 0 Å². The molecule has 1 aliphatic rings. The highest BCUT2D eigenvalue weighted by Crippen LogP contribution is 2.35. The highest BCUT2D eigenvalue weighted by molar-refractivity contribution is 6.31. The third kappa shape index (κ3) is 2.19. The highest BCUT2D eigenvalue weighted by atomic mass is 35.5. The summed E-state index contributed by atoms with van der Waals surface area (Å²) in [6.07, 6.45) is 2.62. The maximum absolute atomic E-state index is 6.31. The minimum atomic E-state index is 0.0253. The predicted octanol–water partition coefficient (Wildman–Crippen LogP) is 2.82. The first-order valence-corrected chi connectivity index (χ1v) is 7.25. The SMILES string of the molecule is CCn1ncc(Cl)c1C(NC)C1Cc2ccccc2O1. The maximum Gasteiger partial charge on any atom is 0.124 e. The molecule has 3 rings (SSSR count). The van der Waals surface area contributed by atoms with Gasteiger partial charge in [-0.3, -0.25) is 4.68 Å². The fraction of sp³-hybridized carbons (Fsp3) is 0.400. The molecule has 2 unspecified atom stereocenters. The number of fused-ring (bicyclic) bond motifs is 1. The quantitative estimate of drug-likeness (QED) is 0.941. The molecule has 0 saturated carbocycles.